The highest BCUT2D eigenvalue weighted by Crippen LogP contribution is 2.38. The van der Waals surface area contributed by atoms with Crippen molar-refractivity contribution >= 4 is 43.5 Å². The van der Waals surface area contributed by atoms with E-state index in [4.69, 9.17) is 21.1 Å². The van der Waals surface area contributed by atoms with E-state index in [-0.39, 0.29) is 4.83 Å². The van der Waals surface area contributed by atoms with E-state index in [1.807, 2.05) is 30.3 Å². The van der Waals surface area contributed by atoms with Crippen LogP contribution in [-0.2, 0) is 0 Å². The molecule has 110 valence electrons. The summed E-state index contributed by atoms with van der Waals surface area (Å²) in [6, 6.07) is 12.0. The highest BCUT2D eigenvalue weighted by molar-refractivity contribution is 9.10. The summed E-state index contributed by atoms with van der Waals surface area (Å²) < 4.78 is 12.3. The average molecular weight is 433 g/mol. The Morgan fingerprint density at radius 2 is 1.62 bits per heavy atom. The summed E-state index contributed by atoms with van der Waals surface area (Å²) in [7, 11) is 0. The summed E-state index contributed by atoms with van der Waals surface area (Å²) in [6.07, 6.45) is 0.909. The molecule has 1 atom stereocenters. The molecule has 1 aliphatic rings. The lowest BCUT2D eigenvalue weighted by molar-refractivity contribution is 0.297. The van der Waals surface area contributed by atoms with Gasteiger partial charge in [-0.2, -0.15) is 0 Å². The molecular weight excluding hydrogens is 419 g/mol. The zero-order valence-electron chi connectivity index (χ0n) is 11.1. The number of benzene rings is 2. The topological polar surface area (TPSA) is 18.5 Å². The second-order valence-electron chi connectivity index (χ2n) is 4.79. The summed E-state index contributed by atoms with van der Waals surface area (Å²) in [5.74, 6) is 1.62. The fourth-order valence-corrected chi connectivity index (χ4v) is 3.28. The lowest BCUT2D eigenvalue weighted by atomic mass is 10.0. The molecule has 0 aromatic heterocycles. The Hall–Kier alpha value is -0.710. The highest BCUT2D eigenvalue weighted by atomic mass is 79.9. The Bertz CT molecular complexity index is 661. The maximum Gasteiger partial charge on any atom is 0.161 e. The second kappa shape index (κ2) is 6.59. The molecule has 1 unspecified atom stereocenters. The van der Waals surface area contributed by atoms with Gasteiger partial charge in [0.05, 0.1) is 23.1 Å². The van der Waals surface area contributed by atoms with Crippen molar-refractivity contribution in [3.05, 3.63) is 57.0 Å². The molecule has 2 aromatic carbocycles. The van der Waals surface area contributed by atoms with Gasteiger partial charge in [-0.15, -0.1) is 0 Å². The van der Waals surface area contributed by atoms with Crippen molar-refractivity contribution < 1.29 is 9.47 Å². The summed E-state index contributed by atoms with van der Waals surface area (Å²) in [4.78, 5) is 0.0724. The van der Waals surface area contributed by atoms with Crippen molar-refractivity contribution in [1.82, 2.24) is 0 Å². The molecule has 0 radical (unpaired) electrons. The van der Waals surface area contributed by atoms with Gasteiger partial charge in [-0.25, -0.2) is 0 Å². The molecule has 3 rings (SSSR count). The van der Waals surface area contributed by atoms with Gasteiger partial charge in [0, 0.05) is 10.9 Å². The van der Waals surface area contributed by atoms with Crippen LogP contribution in [0.4, 0.5) is 0 Å². The summed E-state index contributed by atoms with van der Waals surface area (Å²) >= 11 is 13.2. The number of alkyl halides is 1. The molecule has 1 heterocycles. The van der Waals surface area contributed by atoms with Crippen molar-refractivity contribution in [3.8, 4) is 11.5 Å². The Kier molecular flexibility index (Phi) is 4.77. The van der Waals surface area contributed by atoms with Gasteiger partial charge in [-0.3, -0.25) is 0 Å². The average Bonchev–Trinajstić information content (AvgIpc) is 2.73. The van der Waals surface area contributed by atoms with Gasteiger partial charge in [-0.1, -0.05) is 39.7 Å². The Morgan fingerprint density at radius 3 is 2.38 bits per heavy atom. The van der Waals surface area contributed by atoms with Crippen LogP contribution < -0.4 is 9.47 Å². The maximum absolute atomic E-state index is 6.05. The number of hydrogen-bond acceptors (Lipinski definition) is 2. The SMILES string of the molecule is Clc1ccc(C(Br)c2ccc3c(c2)OCCCO3)cc1Br. The van der Waals surface area contributed by atoms with Crippen LogP contribution in [0, 0.1) is 0 Å². The van der Waals surface area contributed by atoms with Crippen molar-refractivity contribution in [3.63, 3.8) is 0 Å². The minimum atomic E-state index is 0.0724. The Balaban J connectivity index is 1.92. The van der Waals surface area contributed by atoms with E-state index >= 15 is 0 Å². The van der Waals surface area contributed by atoms with Gasteiger partial charge in [0.1, 0.15) is 0 Å². The van der Waals surface area contributed by atoms with Gasteiger partial charge >= 0.3 is 0 Å². The molecule has 0 amide bonds. The molecule has 0 saturated heterocycles. The Morgan fingerprint density at radius 1 is 0.952 bits per heavy atom. The van der Waals surface area contributed by atoms with Gasteiger partial charge in [-0.05, 0) is 51.3 Å². The van der Waals surface area contributed by atoms with E-state index in [0.717, 1.165) is 33.5 Å². The number of rotatable bonds is 2. The minimum Gasteiger partial charge on any atom is -0.490 e. The molecule has 21 heavy (non-hydrogen) atoms. The molecule has 1 aliphatic heterocycles. The van der Waals surface area contributed by atoms with E-state index in [2.05, 4.69) is 37.9 Å². The summed E-state index contributed by atoms with van der Waals surface area (Å²) in [5, 5.41) is 0.706. The molecule has 0 aliphatic carbocycles. The lowest BCUT2D eigenvalue weighted by Crippen LogP contribution is -1.97. The quantitative estimate of drug-likeness (QED) is 0.563. The second-order valence-corrected chi connectivity index (χ2v) is 6.97. The minimum absolute atomic E-state index is 0.0724. The number of ether oxygens (including phenoxy) is 2. The molecular formula is C16H13Br2ClO2. The van der Waals surface area contributed by atoms with E-state index in [9.17, 15) is 0 Å². The molecule has 5 heteroatoms. The van der Waals surface area contributed by atoms with E-state index in [0.29, 0.717) is 18.2 Å². The number of halogens is 3. The largest absolute Gasteiger partial charge is 0.490 e. The predicted octanol–water partition coefficient (Wildman–Crippen LogP) is 5.75. The van der Waals surface area contributed by atoms with Crippen molar-refractivity contribution in [2.75, 3.05) is 13.2 Å². The molecule has 2 aromatic rings. The fourth-order valence-electron chi connectivity index (χ4n) is 2.20. The van der Waals surface area contributed by atoms with Crippen LogP contribution in [0.5, 0.6) is 11.5 Å². The lowest BCUT2D eigenvalue weighted by Gasteiger charge is -2.14. The zero-order valence-corrected chi connectivity index (χ0v) is 15.0. The van der Waals surface area contributed by atoms with Crippen LogP contribution in [0.1, 0.15) is 22.4 Å². The fraction of sp³-hybridized carbons (Fsp3) is 0.250. The van der Waals surface area contributed by atoms with Gasteiger partial charge in [0.25, 0.3) is 0 Å². The number of hydrogen-bond donors (Lipinski definition) is 0. The summed E-state index contributed by atoms with van der Waals surface area (Å²) in [5.41, 5.74) is 2.24. The molecule has 0 spiro atoms. The van der Waals surface area contributed by atoms with Crippen molar-refractivity contribution in [1.29, 1.82) is 0 Å². The first-order chi connectivity index (χ1) is 10.1. The molecule has 0 saturated carbocycles. The molecule has 0 bridgehead atoms. The van der Waals surface area contributed by atoms with Crippen molar-refractivity contribution in [2.24, 2.45) is 0 Å². The maximum atomic E-state index is 6.05. The third-order valence-corrected chi connectivity index (χ3v) is 5.57. The van der Waals surface area contributed by atoms with Crippen LogP contribution in [0.2, 0.25) is 5.02 Å². The van der Waals surface area contributed by atoms with E-state index in [1.54, 1.807) is 0 Å². The van der Waals surface area contributed by atoms with E-state index < -0.39 is 0 Å². The molecule has 2 nitrogen and oxygen atoms in total. The van der Waals surface area contributed by atoms with Crippen LogP contribution in [0.15, 0.2) is 40.9 Å². The van der Waals surface area contributed by atoms with Crippen molar-refractivity contribution in [2.45, 2.75) is 11.2 Å². The smallest absolute Gasteiger partial charge is 0.161 e. The third kappa shape index (κ3) is 3.38. The normalized spacial score (nSPS) is 15.4. The van der Waals surface area contributed by atoms with Gasteiger partial charge in [0.2, 0.25) is 0 Å². The molecule has 0 N–H and O–H groups in total. The highest BCUT2D eigenvalue weighted by Gasteiger charge is 2.16. The standard InChI is InChI=1S/C16H13Br2ClO2/c17-12-8-10(2-4-13(12)19)16(18)11-3-5-14-15(9-11)21-7-1-6-20-14/h2-5,8-9,16H,1,6-7H2. The third-order valence-electron chi connectivity index (χ3n) is 3.30. The number of fused-ring (bicyclic) bond motifs is 1. The Labute approximate surface area is 145 Å². The van der Waals surface area contributed by atoms with Crippen LogP contribution in [0.3, 0.4) is 0 Å². The summed E-state index contributed by atoms with van der Waals surface area (Å²) in [6.45, 7) is 1.39. The van der Waals surface area contributed by atoms with Crippen LogP contribution in [0.25, 0.3) is 0 Å². The van der Waals surface area contributed by atoms with Crippen LogP contribution >= 0.6 is 43.5 Å². The van der Waals surface area contributed by atoms with Gasteiger partial charge < -0.3 is 9.47 Å². The first-order valence-corrected chi connectivity index (χ1v) is 8.72. The monoisotopic (exact) mass is 430 g/mol. The van der Waals surface area contributed by atoms with Gasteiger partial charge in [0.15, 0.2) is 11.5 Å². The first kappa shape index (κ1) is 15.2. The molecule has 0 fully saturated rings. The van der Waals surface area contributed by atoms with E-state index in [1.165, 1.54) is 0 Å². The van der Waals surface area contributed by atoms with Crippen LogP contribution in [-0.4, -0.2) is 13.2 Å². The zero-order chi connectivity index (χ0) is 14.8. The predicted molar refractivity (Wildman–Crippen MR) is 92.0 cm³/mol. The first-order valence-electron chi connectivity index (χ1n) is 6.64.